The van der Waals surface area contributed by atoms with Crippen LogP contribution in [0.5, 0.6) is 0 Å². The van der Waals surface area contributed by atoms with Crippen molar-refractivity contribution in [2.45, 2.75) is 17.4 Å². The van der Waals surface area contributed by atoms with Gasteiger partial charge in [-0.15, -0.1) is 11.8 Å². The molecular weight excluding hydrogens is 373 g/mol. The first-order valence-corrected chi connectivity index (χ1v) is 8.75. The first-order valence-electron chi connectivity index (χ1n) is 6.59. The summed E-state index contributed by atoms with van der Waals surface area (Å²) >= 11 is 11.1. The molecule has 2 aromatic carbocycles. The van der Waals surface area contributed by atoms with Gasteiger partial charge in [0, 0.05) is 21.2 Å². The topological polar surface area (TPSA) is 12.0 Å². The molecule has 0 spiro atoms. The summed E-state index contributed by atoms with van der Waals surface area (Å²) in [6, 6.07) is 13.4. The Hall–Kier alpha value is -0.550. The lowest BCUT2D eigenvalue weighted by atomic mass is 10.1. The largest absolute Gasteiger partial charge is 0.316 e. The summed E-state index contributed by atoms with van der Waals surface area (Å²) in [4.78, 5) is 1.18. The molecule has 112 valence electrons. The van der Waals surface area contributed by atoms with E-state index in [1.807, 2.05) is 25.2 Å². The van der Waals surface area contributed by atoms with Crippen LogP contribution >= 0.6 is 39.3 Å². The van der Waals surface area contributed by atoms with Gasteiger partial charge in [0.25, 0.3) is 0 Å². The molecule has 0 radical (unpaired) electrons. The first-order chi connectivity index (χ1) is 10.1. The normalized spacial score (nSPS) is 12.4. The molecule has 0 fully saturated rings. The monoisotopic (exact) mass is 387 g/mol. The number of likely N-dealkylation sites (N-methyl/N-ethyl adjacent to an activating group) is 1. The van der Waals surface area contributed by atoms with E-state index in [0.29, 0.717) is 12.0 Å². The number of nitrogens with one attached hydrogen (secondary N) is 1. The Morgan fingerprint density at radius 1 is 1.24 bits per heavy atom. The highest BCUT2D eigenvalue weighted by atomic mass is 79.9. The van der Waals surface area contributed by atoms with Crippen LogP contribution in [-0.4, -0.2) is 18.8 Å². The molecule has 0 aliphatic carbocycles. The van der Waals surface area contributed by atoms with Crippen LogP contribution in [-0.2, 0) is 6.42 Å². The number of hydrogen-bond donors (Lipinski definition) is 1. The number of thioether (sulfide) groups is 1. The van der Waals surface area contributed by atoms with E-state index in [9.17, 15) is 4.39 Å². The zero-order chi connectivity index (χ0) is 15.2. The van der Waals surface area contributed by atoms with E-state index in [2.05, 4.69) is 27.3 Å². The minimum atomic E-state index is -0.315. The second kappa shape index (κ2) is 8.18. The highest BCUT2D eigenvalue weighted by Crippen LogP contribution is 2.28. The smallest absolute Gasteiger partial charge is 0.145 e. The zero-order valence-corrected chi connectivity index (χ0v) is 14.7. The molecule has 2 rings (SSSR count). The van der Waals surface area contributed by atoms with Crippen LogP contribution in [0.25, 0.3) is 0 Å². The quantitative estimate of drug-likeness (QED) is 0.686. The van der Waals surface area contributed by atoms with Crippen molar-refractivity contribution in [3.8, 4) is 0 Å². The molecule has 0 saturated carbocycles. The molecule has 2 aromatic rings. The summed E-state index contributed by atoms with van der Waals surface area (Å²) in [5.41, 5.74) is 0.648. The van der Waals surface area contributed by atoms with Crippen LogP contribution in [0.1, 0.15) is 5.56 Å². The number of hydrogen-bond acceptors (Lipinski definition) is 2. The van der Waals surface area contributed by atoms with E-state index in [4.69, 9.17) is 11.6 Å². The molecule has 21 heavy (non-hydrogen) atoms. The third kappa shape index (κ3) is 4.71. The molecule has 0 aliphatic heterocycles. The summed E-state index contributed by atoms with van der Waals surface area (Å²) in [7, 11) is 1.90. The average molecular weight is 389 g/mol. The molecule has 1 unspecified atom stereocenters. The molecule has 0 bridgehead atoms. The maximum absolute atomic E-state index is 14.0. The van der Waals surface area contributed by atoms with E-state index in [-0.39, 0.29) is 16.9 Å². The van der Waals surface area contributed by atoms with Crippen molar-refractivity contribution in [3.63, 3.8) is 0 Å². The van der Waals surface area contributed by atoms with Crippen molar-refractivity contribution in [2.75, 3.05) is 12.8 Å². The summed E-state index contributed by atoms with van der Waals surface area (Å²) in [5, 5.41) is 3.42. The standard InChI is InChI=1S/C16H16BrClFNS/c1-20-12(9-11-5-4-7-14(18)16(11)19)10-21-15-8-3-2-6-13(15)17/h2-8,12,20H,9-10H2,1H3. The van der Waals surface area contributed by atoms with E-state index in [0.717, 1.165) is 10.2 Å². The lowest BCUT2D eigenvalue weighted by molar-refractivity contribution is 0.568. The third-order valence-corrected chi connectivity index (χ3v) is 5.66. The summed E-state index contributed by atoms with van der Waals surface area (Å²) in [6.45, 7) is 0. The van der Waals surface area contributed by atoms with Gasteiger partial charge >= 0.3 is 0 Å². The highest BCUT2D eigenvalue weighted by Gasteiger charge is 2.13. The van der Waals surface area contributed by atoms with Crippen molar-refractivity contribution in [2.24, 2.45) is 0 Å². The van der Waals surface area contributed by atoms with E-state index in [1.165, 1.54) is 4.90 Å². The van der Waals surface area contributed by atoms with Crippen LogP contribution < -0.4 is 5.32 Å². The molecule has 0 aliphatic rings. The Bertz CT molecular complexity index is 609. The molecule has 5 heteroatoms. The summed E-state index contributed by atoms with van der Waals surface area (Å²) in [6.07, 6.45) is 0.611. The van der Waals surface area contributed by atoms with Crippen molar-refractivity contribution in [1.29, 1.82) is 0 Å². The van der Waals surface area contributed by atoms with Gasteiger partial charge in [-0.25, -0.2) is 4.39 Å². The minimum absolute atomic E-state index is 0.176. The Kier molecular flexibility index (Phi) is 6.55. The van der Waals surface area contributed by atoms with Crippen LogP contribution in [0.4, 0.5) is 4.39 Å². The first kappa shape index (κ1) is 16.8. The number of halogens is 3. The van der Waals surface area contributed by atoms with Gasteiger partial charge in [0.15, 0.2) is 0 Å². The van der Waals surface area contributed by atoms with Gasteiger partial charge in [0.1, 0.15) is 5.82 Å². The Morgan fingerprint density at radius 2 is 2.00 bits per heavy atom. The number of rotatable bonds is 6. The fraction of sp³-hybridized carbons (Fsp3) is 0.250. The van der Waals surface area contributed by atoms with Crippen molar-refractivity contribution >= 4 is 39.3 Å². The Morgan fingerprint density at radius 3 is 2.71 bits per heavy atom. The molecule has 1 nitrogen and oxygen atoms in total. The predicted octanol–water partition coefficient (Wildman–Crippen LogP) is 5.16. The van der Waals surface area contributed by atoms with Crippen LogP contribution in [0.15, 0.2) is 51.8 Å². The fourth-order valence-corrected chi connectivity index (χ4v) is 3.84. The van der Waals surface area contributed by atoms with Crippen LogP contribution in [0.2, 0.25) is 5.02 Å². The van der Waals surface area contributed by atoms with E-state index in [1.54, 1.807) is 30.0 Å². The van der Waals surface area contributed by atoms with Gasteiger partial charge in [0.2, 0.25) is 0 Å². The summed E-state index contributed by atoms with van der Waals surface area (Å²) < 4.78 is 15.0. The summed E-state index contributed by atoms with van der Waals surface area (Å²) in [5.74, 6) is 0.538. The van der Waals surface area contributed by atoms with E-state index >= 15 is 0 Å². The maximum Gasteiger partial charge on any atom is 0.145 e. The van der Waals surface area contributed by atoms with Gasteiger partial charge in [-0.1, -0.05) is 35.9 Å². The fourth-order valence-electron chi connectivity index (χ4n) is 1.97. The van der Waals surface area contributed by atoms with Gasteiger partial charge in [-0.2, -0.15) is 0 Å². The molecular formula is C16H16BrClFNS. The highest BCUT2D eigenvalue weighted by molar-refractivity contribution is 9.10. The molecule has 0 heterocycles. The minimum Gasteiger partial charge on any atom is -0.316 e. The lowest BCUT2D eigenvalue weighted by Gasteiger charge is -2.17. The van der Waals surface area contributed by atoms with Gasteiger partial charge in [-0.05, 0) is 53.2 Å². The number of benzene rings is 2. The maximum atomic E-state index is 14.0. The molecule has 1 atom stereocenters. The van der Waals surface area contributed by atoms with Crippen molar-refractivity contribution in [3.05, 3.63) is 63.3 Å². The SMILES string of the molecule is CNC(CSc1ccccc1Br)Cc1cccc(Cl)c1F. The third-order valence-electron chi connectivity index (χ3n) is 3.18. The van der Waals surface area contributed by atoms with Crippen LogP contribution in [0.3, 0.4) is 0 Å². The van der Waals surface area contributed by atoms with Crippen LogP contribution in [0, 0.1) is 5.82 Å². The Balaban J connectivity index is 2.01. The van der Waals surface area contributed by atoms with Gasteiger partial charge in [-0.3, -0.25) is 0 Å². The van der Waals surface area contributed by atoms with Crippen molar-refractivity contribution in [1.82, 2.24) is 5.32 Å². The lowest BCUT2D eigenvalue weighted by Crippen LogP contribution is -2.30. The predicted molar refractivity (Wildman–Crippen MR) is 92.8 cm³/mol. The molecule has 1 N–H and O–H groups in total. The average Bonchev–Trinajstić information content (AvgIpc) is 2.49. The second-order valence-electron chi connectivity index (χ2n) is 4.64. The van der Waals surface area contributed by atoms with Crippen molar-refractivity contribution < 1.29 is 4.39 Å². The Labute approximate surface area is 142 Å². The molecule has 0 saturated heterocycles. The van der Waals surface area contributed by atoms with E-state index < -0.39 is 0 Å². The molecule has 0 amide bonds. The zero-order valence-electron chi connectivity index (χ0n) is 11.6. The second-order valence-corrected chi connectivity index (χ2v) is 6.97. The van der Waals surface area contributed by atoms with Gasteiger partial charge < -0.3 is 5.32 Å². The molecule has 0 aromatic heterocycles. The van der Waals surface area contributed by atoms with Gasteiger partial charge in [0.05, 0.1) is 5.02 Å².